The van der Waals surface area contributed by atoms with E-state index in [9.17, 15) is 9.90 Å². The van der Waals surface area contributed by atoms with Gasteiger partial charge in [-0.15, -0.1) is 11.3 Å². The molecule has 0 aliphatic carbocycles. The van der Waals surface area contributed by atoms with Crippen molar-refractivity contribution in [2.75, 3.05) is 26.3 Å². The number of hydrazone groups is 1. The van der Waals surface area contributed by atoms with E-state index in [1.165, 1.54) is 31.8 Å². The van der Waals surface area contributed by atoms with Gasteiger partial charge in [0.05, 0.1) is 39.2 Å². The second kappa shape index (κ2) is 8.88. The summed E-state index contributed by atoms with van der Waals surface area (Å²) in [4.78, 5) is 15.7. The van der Waals surface area contributed by atoms with E-state index in [1.54, 1.807) is 24.4 Å². The topological polar surface area (TPSA) is 102 Å². The fourth-order valence-electron chi connectivity index (χ4n) is 1.95. The van der Waals surface area contributed by atoms with E-state index in [0.29, 0.717) is 23.0 Å². The lowest BCUT2D eigenvalue weighted by molar-refractivity contribution is -0.142. The van der Waals surface area contributed by atoms with Crippen LogP contribution in [-0.4, -0.2) is 43.1 Å². The molecule has 0 saturated heterocycles. The van der Waals surface area contributed by atoms with Gasteiger partial charge in [-0.3, -0.25) is 10.2 Å². The predicted molar refractivity (Wildman–Crippen MR) is 94.9 cm³/mol. The van der Waals surface area contributed by atoms with Gasteiger partial charge in [0.2, 0.25) is 10.9 Å². The van der Waals surface area contributed by atoms with Crippen molar-refractivity contribution >= 4 is 28.7 Å². The zero-order chi connectivity index (χ0) is 18.2. The Morgan fingerprint density at radius 3 is 2.64 bits per heavy atom. The molecule has 0 aliphatic heterocycles. The highest BCUT2D eigenvalue weighted by Gasteiger charge is 2.10. The van der Waals surface area contributed by atoms with Crippen LogP contribution in [0.1, 0.15) is 18.2 Å². The number of hydrogen-bond acceptors (Lipinski definition) is 9. The van der Waals surface area contributed by atoms with Gasteiger partial charge in [-0.1, -0.05) is 0 Å². The Bertz CT molecular complexity index is 735. The zero-order valence-electron chi connectivity index (χ0n) is 14.1. The van der Waals surface area contributed by atoms with E-state index in [4.69, 9.17) is 14.2 Å². The molecule has 0 radical (unpaired) electrons. The van der Waals surface area contributed by atoms with Gasteiger partial charge in [-0.2, -0.15) is 5.10 Å². The van der Waals surface area contributed by atoms with Gasteiger partial charge in [-0.05, 0) is 19.1 Å². The van der Waals surface area contributed by atoms with Crippen LogP contribution in [-0.2, 0) is 16.0 Å². The summed E-state index contributed by atoms with van der Waals surface area (Å²) in [5, 5.41) is 16.3. The minimum Gasteiger partial charge on any atom is -0.502 e. The summed E-state index contributed by atoms with van der Waals surface area (Å²) >= 11 is 1.33. The molecule has 0 unspecified atom stereocenters. The number of benzene rings is 1. The number of anilines is 1. The van der Waals surface area contributed by atoms with Crippen molar-refractivity contribution in [3.05, 3.63) is 28.8 Å². The highest BCUT2D eigenvalue weighted by atomic mass is 32.1. The molecule has 1 aromatic heterocycles. The first kappa shape index (κ1) is 18.5. The number of esters is 1. The molecule has 0 saturated carbocycles. The molecule has 8 nitrogen and oxygen atoms in total. The van der Waals surface area contributed by atoms with Crippen molar-refractivity contribution in [1.29, 1.82) is 0 Å². The molecule has 134 valence electrons. The van der Waals surface area contributed by atoms with Gasteiger partial charge in [0.25, 0.3) is 0 Å². The second-order valence-electron chi connectivity index (χ2n) is 4.77. The summed E-state index contributed by atoms with van der Waals surface area (Å²) in [7, 11) is 2.91. The fourth-order valence-corrected chi connectivity index (χ4v) is 2.61. The average Bonchev–Trinajstić information content (AvgIpc) is 3.03. The number of nitrogens with one attached hydrogen (secondary N) is 1. The quantitative estimate of drug-likeness (QED) is 0.421. The van der Waals surface area contributed by atoms with Crippen molar-refractivity contribution in [2.24, 2.45) is 5.10 Å². The number of carbonyl (C=O) groups excluding carboxylic acids is 1. The summed E-state index contributed by atoms with van der Waals surface area (Å²) in [5.41, 5.74) is 4.08. The van der Waals surface area contributed by atoms with Gasteiger partial charge < -0.3 is 19.3 Å². The Morgan fingerprint density at radius 1 is 1.36 bits per heavy atom. The first-order valence-electron chi connectivity index (χ1n) is 7.41. The van der Waals surface area contributed by atoms with E-state index in [1.807, 2.05) is 0 Å². The van der Waals surface area contributed by atoms with Crippen molar-refractivity contribution in [1.82, 2.24) is 4.98 Å². The molecule has 25 heavy (non-hydrogen) atoms. The number of aromatic hydroxyl groups is 1. The van der Waals surface area contributed by atoms with E-state index >= 15 is 0 Å². The maximum atomic E-state index is 11.4. The van der Waals surface area contributed by atoms with Crippen molar-refractivity contribution in [2.45, 2.75) is 13.3 Å². The summed E-state index contributed by atoms with van der Waals surface area (Å²) in [6.07, 6.45) is 1.67. The molecule has 2 aromatic rings. The molecule has 0 fully saturated rings. The van der Waals surface area contributed by atoms with E-state index in [0.717, 1.165) is 0 Å². The Kier molecular flexibility index (Phi) is 6.58. The monoisotopic (exact) mass is 365 g/mol. The standard InChI is InChI=1S/C16H19N3O5S/c1-4-24-14(20)7-11-9-25-16(18-11)19-17-8-10-5-12(22-2)15(21)13(6-10)23-3/h5-6,8-9,21H,4,7H2,1-3H3,(H,18,19). The van der Waals surface area contributed by atoms with Gasteiger partial charge >= 0.3 is 5.97 Å². The fraction of sp³-hybridized carbons (Fsp3) is 0.312. The first-order chi connectivity index (χ1) is 12.1. The van der Waals surface area contributed by atoms with Gasteiger partial charge in [0.1, 0.15) is 0 Å². The van der Waals surface area contributed by atoms with Crippen LogP contribution in [0.3, 0.4) is 0 Å². The molecule has 0 aliphatic rings. The van der Waals surface area contributed by atoms with Crippen LogP contribution in [0.15, 0.2) is 22.6 Å². The maximum Gasteiger partial charge on any atom is 0.311 e. The molecule has 0 amide bonds. The molecule has 1 heterocycles. The van der Waals surface area contributed by atoms with Crippen LogP contribution in [0.25, 0.3) is 0 Å². The lowest BCUT2D eigenvalue weighted by Gasteiger charge is -2.09. The minimum atomic E-state index is -0.314. The van der Waals surface area contributed by atoms with Crippen molar-refractivity contribution in [3.63, 3.8) is 0 Å². The maximum absolute atomic E-state index is 11.4. The van der Waals surface area contributed by atoms with Crippen LogP contribution < -0.4 is 14.9 Å². The number of aromatic nitrogens is 1. The van der Waals surface area contributed by atoms with Crippen LogP contribution in [0.4, 0.5) is 5.13 Å². The highest BCUT2D eigenvalue weighted by molar-refractivity contribution is 7.13. The SMILES string of the molecule is CCOC(=O)Cc1csc(NN=Cc2cc(OC)c(O)c(OC)c2)n1. The predicted octanol–water partition coefficient (Wildman–Crippen LogP) is 2.42. The van der Waals surface area contributed by atoms with E-state index in [-0.39, 0.29) is 29.6 Å². The average molecular weight is 365 g/mol. The number of thiazole rings is 1. The Morgan fingerprint density at radius 2 is 2.04 bits per heavy atom. The second-order valence-corrected chi connectivity index (χ2v) is 5.63. The van der Waals surface area contributed by atoms with Crippen molar-refractivity contribution in [3.8, 4) is 17.2 Å². The molecule has 2 N–H and O–H groups in total. The van der Waals surface area contributed by atoms with E-state index in [2.05, 4.69) is 15.5 Å². The number of carbonyl (C=O) groups is 1. The number of nitrogens with zero attached hydrogens (tertiary/aromatic N) is 2. The van der Waals surface area contributed by atoms with Gasteiger partial charge in [-0.25, -0.2) is 4.98 Å². The third kappa shape index (κ3) is 5.08. The molecular formula is C16H19N3O5S. The number of phenols is 1. The van der Waals surface area contributed by atoms with Gasteiger partial charge in [0.15, 0.2) is 11.5 Å². The third-order valence-corrected chi connectivity index (χ3v) is 3.85. The third-order valence-electron chi connectivity index (χ3n) is 3.06. The molecule has 0 spiro atoms. The molecule has 1 aromatic carbocycles. The normalized spacial score (nSPS) is 10.7. The zero-order valence-corrected chi connectivity index (χ0v) is 14.9. The van der Waals surface area contributed by atoms with Gasteiger partial charge in [0, 0.05) is 10.9 Å². The van der Waals surface area contributed by atoms with Crippen LogP contribution in [0, 0.1) is 0 Å². The summed E-state index contributed by atoms with van der Waals surface area (Å²) in [5.74, 6) is 0.184. The molecule has 0 atom stereocenters. The van der Waals surface area contributed by atoms with E-state index < -0.39 is 0 Å². The number of phenolic OH excluding ortho intramolecular Hbond substituents is 1. The Labute approximate surface area is 149 Å². The number of ether oxygens (including phenoxy) is 3. The Hall–Kier alpha value is -2.81. The van der Waals surface area contributed by atoms with Crippen molar-refractivity contribution < 1.29 is 24.1 Å². The summed E-state index contributed by atoms with van der Waals surface area (Å²) in [6, 6.07) is 3.24. The Balaban J connectivity index is 2.01. The molecule has 9 heteroatoms. The first-order valence-corrected chi connectivity index (χ1v) is 8.29. The number of hydrogen-bond donors (Lipinski definition) is 2. The number of rotatable bonds is 8. The molecular weight excluding hydrogens is 346 g/mol. The molecule has 2 rings (SSSR count). The number of methoxy groups -OCH3 is 2. The minimum absolute atomic E-state index is 0.0707. The summed E-state index contributed by atoms with van der Waals surface area (Å²) < 4.78 is 15.1. The van der Waals surface area contributed by atoms with Crippen LogP contribution >= 0.6 is 11.3 Å². The highest BCUT2D eigenvalue weighted by Crippen LogP contribution is 2.36. The molecule has 0 bridgehead atoms. The summed E-state index contributed by atoms with van der Waals surface area (Å²) in [6.45, 7) is 2.10. The lowest BCUT2D eigenvalue weighted by Crippen LogP contribution is -2.07. The van der Waals surface area contributed by atoms with Crippen LogP contribution in [0.5, 0.6) is 17.2 Å². The van der Waals surface area contributed by atoms with Crippen LogP contribution in [0.2, 0.25) is 0 Å². The lowest BCUT2D eigenvalue weighted by atomic mass is 10.2. The largest absolute Gasteiger partial charge is 0.502 e. The smallest absolute Gasteiger partial charge is 0.311 e.